The molecule has 1 aliphatic rings. The Kier molecular flexibility index (Phi) is 4.64. The minimum Gasteiger partial charge on any atom is -0.308 e. The third-order valence-corrected chi connectivity index (χ3v) is 5.77. The molecule has 19 heavy (non-hydrogen) atoms. The lowest BCUT2D eigenvalue weighted by atomic mass is 10.1. The Labute approximate surface area is 122 Å². The van der Waals surface area contributed by atoms with Crippen molar-refractivity contribution in [1.82, 2.24) is 10.3 Å². The molecule has 2 heterocycles. The molecule has 1 aromatic heterocycles. The van der Waals surface area contributed by atoms with Gasteiger partial charge in [0.15, 0.2) is 0 Å². The van der Waals surface area contributed by atoms with Crippen LogP contribution in [0.5, 0.6) is 0 Å². The van der Waals surface area contributed by atoms with E-state index in [1.54, 1.807) is 0 Å². The van der Waals surface area contributed by atoms with Crippen molar-refractivity contribution in [3.05, 3.63) is 42.1 Å². The van der Waals surface area contributed by atoms with Crippen LogP contribution in [0.25, 0.3) is 10.9 Å². The highest BCUT2D eigenvalue weighted by Crippen LogP contribution is 2.17. The zero-order valence-electron chi connectivity index (χ0n) is 10.8. The first-order chi connectivity index (χ1) is 9.42. The van der Waals surface area contributed by atoms with Gasteiger partial charge in [-0.2, -0.15) is 23.5 Å². The first-order valence-corrected chi connectivity index (χ1v) is 8.95. The zero-order valence-corrected chi connectivity index (χ0v) is 12.5. The number of hydrogen-bond donors (Lipinski definition) is 1. The standard InChI is InChI=1S/C15H18N2S2/c1-2-4-15-13(3-1)7-12(9-17-15)8-16-14-10-18-5-6-19-11-14/h1-4,7,9,14,16H,5-6,8,10-11H2. The van der Waals surface area contributed by atoms with Gasteiger partial charge in [0.2, 0.25) is 0 Å². The fourth-order valence-corrected chi connectivity index (χ4v) is 4.68. The van der Waals surface area contributed by atoms with Crippen molar-refractivity contribution in [2.75, 3.05) is 23.0 Å². The van der Waals surface area contributed by atoms with Gasteiger partial charge in [-0.25, -0.2) is 0 Å². The van der Waals surface area contributed by atoms with E-state index in [4.69, 9.17) is 0 Å². The largest absolute Gasteiger partial charge is 0.308 e. The van der Waals surface area contributed by atoms with Gasteiger partial charge in [0, 0.05) is 47.2 Å². The molecular formula is C15H18N2S2. The minimum absolute atomic E-state index is 0.629. The number of hydrogen-bond acceptors (Lipinski definition) is 4. The number of rotatable bonds is 3. The zero-order chi connectivity index (χ0) is 12.9. The topological polar surface area (TPSA) is 24.9 Å². The van der Waals surface area contributed by atoms with Gasteiger partial charge in [0.25, 0.3) is 0 Å². The summed E-state index contributed by atoms with van der Waals surface area (Å²) in [6, 6.07) is 11.2. The summed E-state index contributed by atoms with van der Waals surface area (Å²) in [6.07, 6.45) is 1.99. The normalized spacial score (nSPS) is 17.5. The van der Waals surface area contributed by atoms with Crippen LogP contribution in [0.2, 0.25) is 0 Å². The fraction of sp³-hybridized carbons (Fsp3) is 0.400. The molecular weight excluding hydrogens is 272 g/mol. The smallest absolute Gasteiger partial charge is 0.0702 e. The van der Waals surface area contributed by atoms with Gasteiger partial charge >= 0.3 is 0 Å². The molecule has 3 rings (SSSR count). The summed E-state index contributed by atoms with van der Waals surface area (Å²) in [7, 11) is 0. The Balaban J connectivity index is 1.64. The van der Waals surface area contributed by atoms with Crippen molar-refractivity contribution in [3.8, 4) is 0 Å². The van der Waals surface area contributed by atoms with Gasteiger partial charge in [-0.1, -0.05) is 18.2 Å². The molecule has 1 aliphatic heterocycles. The molecule has 0 bridgehead atoms. The number of fused-ring (bicyclic) bond motifs is 1. The molecule has 0 radical (unpaired) electrons. The Morgan fingerprint density at radius 3 is 2.79 bits per heavy atom. The lowest BCUT2D eigenvalue weighted by Gasteiger charge is -2.15. The average Bonchev–Trinajstić information content (AvgIpc) is 2.73. The van der Waals surface area contributed by atoms with Crippen LogP contribution in [-0.2, 0) is 6.54 Å². The molecule has 0 amide bonds. The summed E-state index contributed by atoms with van der Waals surface area (Å²) in [5, 5.41) is 4.89. The number of thioether (sulfide) groups is 2. The van der Waals surface area contributed by atoms with Gasteiger partial charge in [-0.05, 0) is 17.7 Å². The maximum absolute atomic E-state index is 4.51. The Morgan fingerprint density at radius 1 is 1.16 bits per heavy atom. The number of benzene rings is 1. The Hall–Kier alpha value is -0.710. The summed E-state index contributed by atoms with van der Waals surface area (Å²) in [4.78, 5) is 4.51. The quantitative estimate of drug-likeness (QED) is 0.938. The van der Waals surface area contributed by atoms with Gasteiger partial charge in [-0.15, -0.1) is 0 Å². The first kappa shape index (κ1) is 13.3. The molecule has 1 saturated heterocycles. The molecule has 1 aromatic carbocycles. The molecule has 2 aromatic rings. The van der Waals surface area contributed by atoms with Crippen LogP contribution in [0, 0.1) is 0 Å². The highest BCUT2D eigenvalue weighted by molar-refractivity contribution is 8.03. The van der Waals surface area contributed by atoms with Crippen LogP contribution in [0.4, 0.5) is 0 Å². The summed E-state index contributed by atoms with van der Waals surface area (Å²) in [5.74, 6) is 5.04. The molecule has 0 unspecified atom stereocenters. The van der Waals surface area contributed by atoms with Crippen molar-refractivity contribution in [1.29, 1.82) is 0 Å². The predicted octanol–water partition coefficient (Wildman–Crippen LogP) is 3.17. The van der Waals surface area contributed by atoms with Gasteiger partial charge in [-0.3, -0.25) is 4.98 Å². The molecule has 1 fully saturated rings. The van der Waals surface area contributed by atoms with E-state index in [0.717, 1.165) is 12.1 Å². The van der Waals surface area contributed by atoms with E-state index >= 15 is 0 Å². The maximum Gasteiger partial charge on any atom is 0.0702 e. The molecule has 0 spiro atoms. The van der Waals surface area contributed by atoms with Crippen LogP contribution in [0.15, 0.2) is 36.5 Å². The molecule has 1 N–H and O–H groups in total. The lowest BCUT2D eigenvalue weighted by molar-refractivity contribution is 0.603. The number of pyridine rings is 1. The third-order valence-electron chi connectivity index (χ3n) is 3.25. The Bertz CT molecular complexity index is 536. The molecule has 0 aliphatic carbocycles. The van der Waals surface area contributed by atoms with Crippen LogP contribution in [-0.4, -0.2) is 34.0 Å². The molecule has 100 valence electrons. The molecule has 4 heteroatoms. The van der Waals surface area contributed by atoms with E-state index in [2.05, 4.69) is 58.1 Å². The second-order valence-corrected chi connectivity index (χ2v) is 7.06. The lowest BCUT2D eigenvalue weighted by Crippen LogP contribution is -2.32. The highest BCUT2D eigenvalue weighted by atomic mass is 32.2. The second-order valence-electron chi connectivity index (χ2n) is 4.76. The first-order valence-electron chi connectivity index (χ1n) is 6.64. The number of nitrogens with zero attached hydrogens (tertiary/aromatic N) is 1. The minimum atomic E-state index is 0.629. The summed E-state index contributed by atoms with van der Waals surface area (Å²) in [6.45, 7) is 0.920. The molecule has 2 nitrogen and oxygen atoms in total. The van der Waals surface area contributed by atoms with Crippen LogP contribution in [0.3, 0.4) is 0 Å². The number of para-hydroxylation sites is 1. The van der Waals surface area contributed by atoms with Crippen molar-refractivity contribution < 1.29 is 0 Å². The van der Waals surface area contributed by atoms with Gasteiger partial charge in [0.05, 0.1) is 5.52 Å². The van der Waals surface area contributed by atoms with Crippen molar-refractivity contribution >= 4 is 34.4 Å². The third kappa shape index (κ3) is 3.65. The van der Waals surface area contributed by atoms with Crippen LogP contribution >= 0.6 is 23.5 Å². The van der Waals surface area contributed by atoms with Gasteiger partial charge < -0.3 is 5.32 Å². The van der Waals surface area contributed by atoms with E-state index in [1.165, 1.54) is 34.0 Å². The SMILES string of the molecule is c1ccc2ncc(CNC3CSCCSC3)cc2c1. The average molecular weight is 290 g/mol. The monoisotopic (exact) mass is 290 g/mol. The second kappa shape index (κ2) is 6.64. The number of nitrogens with one attached hydrogen (secondary N) is 1. The molecule has 0 saturated carbocycles. The van der Waals surface area contributed by atoms with Crippen molar-refractivity contribution in [3.63, 3.8) is 0 Å². The highest BCUT2D eigenvalue weighted by Gasteiger charge is 2.12. The predicted molar refractivity (Wildman–Crippen MR) is 87.0 cm³/mol. The van der Waals surface area contributed by atoms with Crippen LogP contribution < -0.4 is 5.32 Å². The number of aromatic nitrogens is 1. The van der Waals surface area contributed by atoms with E-state index in [1.807, 2.05) is 12.3 Å². The summed E-state index contributed by atoms with van der Waals surface area (Å²) >= 11 is 4.13. The molecule has 0 atom stereocenters. The van der Waals surface area contributed by atoms with Crippen molar-refractivity contribution in [2.24, 2.45) is 0 Å². The van der Waals surface area contributed by atoms with E-state index in [9.17, 15) is 0 Å². The van der Waals surface area contributed by atoms with Gasteiger partial charge in [0.1, 0.15) is 0 Å². The Morgan fingerprint density at radius 2 is 1.95 bits per heavy atom. The van der Waals surface area contributed by atoms with E-state index in [-0.39, 0.29) is 0 Å². The van der Waals surface area contributed by atoms with Crippen molar-refractivity contribution in [2.45, 2.75) is 12.6 Å². The summed E-state index contributed by atoms with van der Waals surface area (Å²) < 4.78 is 0. The summed E-state index contributed by atoms with van der Waals surface area (Å²) in [5.41, 5.74) is 2.35. The van der Waals surface area contributed by atoms with E-state index < -0.39 is 0 Å². The maximum atomic E-state index is 4.51. The fourth-order valence-electron chi connectivity index (χ4n) is 2.21. The van der Waals surface area contributed by atoms with Crippen LogP contribution in [0.1, 0.15) is 5.56 Å². The van der Waals surface area contributed by atoms with E-state index in [0.29, 0.717) is 6.04 Å².